The van der Waals surface area contributed by atoms with Crippen LogP contribution < -0.4 is 10.1 Å². The predicted octanol–water partition coefficient (Wildman–Crippen LogP) is 3.27. The number of ether oxygens (including phenoxy) is 2. The molecule has 3 aromatic rings. The smallest absolute Gasteiger partial charge is 0.233 e. The standard InChI is InChI=1S/C24H28N4O3S/c1-17(23(29)25-15-18-7-9-19(30-2)10-8-18)32-24-20-5-3-4-6-21(20)26-22(27-24)16-28-11-13-31-14-12-28/h3-10,17H,11-16H2,1-2H3,(H,25,29). The van der Waals surface area contributed by atoms with E-state index in [1.807, 2.05) is 55.5 Å². The van der Waals surface area contributed by atoms with Crippen molar-refractivity contribution in [3.63, 3.8) is 0 Å². The maximum Gasteiger partial charge on any atom is 0.233 e. The van der Waals surface area contributed by atoms with E-state index in [-0.39, 0.29) is 11.2 Å². The summed E-state index contributed by atoms with van der Waals surface area (Å²) in [4.78, 5) is 24.6. The Labute approximate surface area is 192 Å². The maximum absolute atomic E-state index is 12.8. The number of thioether (sulfide) groups is 1. The lowest BCUT2D eigenvalue weighted by Crippen LogP contribution is -2.36. The van der Waals surface area contributed by atoms with Crippen LogP contribution in [0.25, 0.3) is 10.9 Å². The largest absolute Gasteiger partial charge is 0.497 e. The van der Waals surface area contributed by atoms with E-state index in [0.717, 1.165) is 59.4 Å². The van der Waals surface area contributed by atoms with Gasteiger partial charge < -0.3 is 14.8 Å². The molecule has 0 spiro atoms. The van der Waals surface area contributed by atoms with Gasteiger partial charge in [0.25, 0.3) is 0 Å². The summed E-state index contributed by atoms with van der Waals surface area (Å²) in [6, 6.07) is 15.7. The quantitative estimate of drug-likeness (QED) is 0.415. The van der Waals surface area contributed by atoms with Gasteiger partial charge in [0.2, 0.25) is 5.91 Å². The molecule has 2 heterocycles. The monoisotopic (exact) mass is 452 g/mol. The molecule has 0 saturated carbocycles. The number of benzene rings is 2. The Balaban J connectivity index is 1.44. The first-order valence-electron chi connectivity index (χ1n) is 10.8. The Morgan fingerprint density at radius 1 is 1.16 bits per heavy atom. The Kier molecular flexibility index (Phi) is 7.57. The minimum Gasteiger partial charge on any atom is -0.497 e. The van der Waals surface area contributed by atoms with Crippen LogP contribution in [0.3, 0.4) is 0 Å². The van der Waals surface area contributed by atoms with Crippen molar-refractivity contribution in [1.29, 1.82) is 0 Å². The molecule has 1 aromatic heterocycles. The number of hydrogen-bond donors (Lipinski definition) is 1. The number of fused-ring (bicyclic) bond motifs is 1. The third kappa shape index (κ3) is 5.76. The molecule has 1 N–H and O–H groups in total. The van der Waals surface area contributed by atoms with Gasteiger partial charge in [-0.05, 0) is 30.7 Å². The summed E-state index contributed by atoms with van der Waals surface area (Å²) in [6.07, 6.45) is 0. The fourth-order valence-corrected chi connectivity index (χ4v) is 4.49. The second-order valence-corrected chi connectivity index (χ2v) is 9.01. The highest BCUT2D eigenvalue weighted by atomic mass is 32.2. The lowest BCUT2D eigenvalue weighted by atomic mass is 10.2. The molecule has 1 aliphatic heterocycles. The van der Waals surface area contributed by atoms with Crippen molar-refractivity contribution in [2.75, 3.05) is 33.4 Å². The zero-order chi connectivity index (χ0) is 22.3. The third-order valence-electron chi connectivity index (χ3n) is 5.37. The molecule has 7 nitrogen and oxygen atoms in total. The highest BCUT2D eigenvalue weighted by Gasteiger charge is 2.19. The number of amides is 1. The van der Waals surface area contributed by atoms with E-state index in [9.17, 15) is 4.79 Å². The lowest BCUT2D eigenvalue weighted by Gasteiger charge is -2.26. The number of morpholine rings is 1. The number of nitrogens with zero attached hydrogens (tertiary/aromatic N) is 3. The van der Waals surface area contributed by atoms with Crippen LogP contribution in [0.4, 0.5) is 0 Å². The minimum atomic E-state index is -0.289. The number of hydrogen-bond acceptors (Lipinski definition) is 7. The molecule has 0 bridgehead atoms. The summed E-state index contributed by atoms with van der Waals surface area (Å²) in [7, 11) is 1.64. The minimum absolute atomic E-state index is 0.0248. The fourth-order valence-electron chi connectivity index (χ4n) is 3.51. The highest BCUT2D eigenvalue weighted by Crippen LogP contribution is 2.29. The van der Waals surface area contributed by atoms with E-state index >= 15 is 0 Å². The first-order chi connectivity index (χ1) is 15.6. The van der Waals surface area contributed by atoms with Crippen LogP contribution in [0.2, 0.25) is 0 Å². The molecule has 1 atom stereocenters. The number of methoxy groups -OCH3 is 1. The van der Waals surface area contributed by atoms with Gasteiger partial charge in [0.05, 0.1) is 37.6 Å². The number of para-hydroxylation sites is 1. The molecular formula is C24H28N4O3S. The van der Waals surface area contributed by atoms with Crippen molar-refractivity contribution < 1.29 is 14.3 Å². The predicted molar refractivity (Wildman–Crippen MR) is 126 cm³/mol. The van der Waals surface area contributed by atoms with E-state index in [1.54, 1.807) is 7.11 Å². The zero-order valence-corrected chi connectivity index (χ0v) is 19.2. The summed E-state index contributed by atoms with van der Waals surface area (Å²) < 4.78 is 10.6. The summed E-state index contributed by atoms with van der Waals surface area (Å²) in [5.74, 6) is 1.55. The number of carbonyl (C=O) groups excluding carboxylic acids is 1. The van der Waals surface area contributed by atoms with Crippen molar-refractivity contribution in [3.8, 4) is 5.75 Å². The van der Waals surface area contributed by atoms with Crippen molar-refractivity contribution in [1.82, 2.24) is 20.2 Å². The molecule has 1 aliphatic rings. The summed E-state index contributed by atoms with van der Waals surface area (Å²) in [5.41, 5.74) is 1.93. The molecule has 0 radical (unpaired) electrons. The van der Waals surface area contributed by atoms with Gasteiger partial charge in [-0.25, -0.2) is 9.97 Å². The molecule has 1 saturated heterocycles. The van der Waals surface area contributed by atoms with Gasteiger partial charge in [-0.1, -0.05) is 42.1 Å². The lowest BCUT2D eigenvalue weighted by molar-refractivity contribution is -0.120. The Morgan fingerprint density at radius 3 is 2.66 bits per heavy atom. The van der Waals surface area contributed by atoms with E-state index in [0.29, 0.717) is 13.1 Å². The van der Waals surface area contributed by atoms with Crippen LogP contribution in [0.15, 0.2) is 53.6 Å². The van der Waals surface area contributed by atoms with E-state index in [1.165, 1.54) is 11.8 Å². The van der Waals surface area contributed by atoms with Gasteiger partial charge in [-0.15, -0.1) is 0 Å². The molecule has 168 valence electrons. The highest BCUT2D eigenvalue weighted by molar-refractivity contribution is 8.00. The first kappa shape index (κ1) is 22.5. The summed E-state index contributed by atoms with van der Waals surface area (Å²) >= 11 is 1.47. The van der Waals surface area contributed by atoms with Crippen LogP contribution in [0, 0.1) is 0 Å². The van der Waals surface area contributed by atoms with Crippen LogP contribution in [0.5, 0.6) is 5.75 Å². The summed E-state index contributed by atoms with van der Waals surface area (Å²) in [5, 5.41) is 4.54. The number of carbonyl (C=O) groups is 1. The topological polar surface area (TPSA) is 76.6 Å². The maximum atomic E-state index is 12.8. The molecule has 32 heavy (non-hydrogen) atoms. The van der Waals surface area contributed by atoms with Gasteiger partial charge >= 0.3 is 0 Å². The van der Waals surface area contributed by atoms with E-state index in [2.05, 4.69) is 10.2 Å². The first-order valence-corrected chi connectivity index (χ1v) is 11.6. The van der Waals surface area contributed by atoms with E-state index < -0.39 is 0 Å². The molecule has 1 unspecified atom stereocenters. The molecule has 8 heteroatoms. The van der Waals surface area contributed by atoms with Crippen LogP contribution >= 0.6 is 11.8 Å². The molecule has 2 aromatic carbocycles. The van der Waals surface area contributed by atoms with Gasteiger partial charge in [0.15, 0.2) is 0 Å². The Bertz CT molecular complexity index is 1050. The Morgan fingerprint density at radius 2 is 1.91 bits per heavy atom. The third-order valence-corrected chi connectivity index (χ3v) is 6.47. The van der Waals surface area contributed by atoms with Crippen molar-refractivity contribution >= 4 is 28.6 Å². The average Bonchev–Trinajstić information content (AvgIpc) is 2.83. The molecule has 0 aliphatic carbocycles. The van der Waals surface area contributed by atoms with Crippen molar-refractivity contribution in [2.45, 2.75) is 30.3 Å². The van der Waals surface area contributed by atoms with Crippen LogP contribution in [-0.2, 0) is 22.6 Å². The van der Waals surface area contributed by atoms with Crippen LogP contribution in [0.1, 0.15) is 18.3 Å². The molecular weight excluding hydrogens is 424 g/mol. The summed E-state index contributed by atoms with van der Waals surface area (Å²) in [6.45, 7) is 6.29. The second kappa shape index (κ2) is 10.8. The SMILES string of the molecule is COc1ccc(CNC(=O)C(C)Sc2nc(CN3CCOCC3)nc3ccccc23)cc1. The van der Waals surface area contributed by atoms with Gasteiger partial charge in [-0.3, -0.25) is 9.69 Å². The number of aromatic nitrogens is 2. The zero-order valence-electron chi connectivity index (χ0n) is 18.4. The number of nitrogens with one attached hydrogen (secondary N) is 1. The fraction of sp³-hybridized carbons (Fsp3) is 0.375. The molecule has 1 fully saturated rings. The second-order valence-electron chi connectivity index (χ2n) is 7.68. The van der Waals surface area contributed by atoms with Gasteiger partial charge in [0.1, 0.15) is 16.6 Å². The number of rotatable bonds is 8. The average molecular weight is 453 g/mol. The van der Waals surface area contributed by atoms with Crippen molar-refractivity contribution in [2.24, 2.45) is 0 Å². The Hall–Kier alpha value is -2.68. The molecule has 4 rings (SSSR count). The van der Waals surface area contributed by atoms with Crippen molar-refractivity contribution in [3.05, 3.63) is 59.9 Å². The van der Waals surface area contributed by atoms with Crippen LogP contribution in [-0.4, -0.2) is 59.4 Å². The molecule has 1 amide bonds. The van der Waals surface area contributed by atoms with Gasteiger partial charge in [0, 0.05) is 25.0 Å². The normalized spacial score (nSPS) is 15.4. The van der Waals surface area contributed by atoms with Gasteiger partial charge in [-0.2, -0.15) is 0 Å². The van der Waals surface area contributed by atoms with E-state index in [4.69, 9.17) is 19.4 Å².